The summed E-state index contributed by atoms with van der Waals surface area (Å²) in [5, 5.41) is 13.7. The van der Waals surface area contributed by atoms with E-state index >= 15 is 0 Å². The van der Waals surface area contributed by atoms with Crippen LogP contribution >= 0.6 is 0 Å². The zero-order valence-corrected chi connectivity index (χ0v) is 11.4. The van der Waals surface area contributed by atoms with Crippen LogP contribution in [0.15, 0.2) is 24.3 Å². The summed E-state index contributed by atoms with van der Waals surface area (Å²) in [6.07, 6.45) is 0.622. The summed E-state index contributed by atoms with van der Waals surface area (Å²) in [5.41, 5.74) is -0.0757. The molecule has 0 aliphatic heterocycles. The maximum absolute atomic E-state index is 10.5. The first-order valence-corrected chi connectivity index (χ1v) is 6.17. The second-order valence-electron chi connectivity index (χ2n) is 4.47. The van der Waals surface area contributed by atoms with Crippen LogP contribution in [0, 0.1) is 0 Å². The molecule has 0 aliphatic carbocycles. The van der Waals surface area contributed by atoms with Gasteiger partial charge < -0.3 is 19.9 Å². The molecule has 0 bridgehead atoms. The molecule has 4 heteroatoms. The predicted octanol–water partition coefficient (Wildman–Crippen LogP) is 1.53. The van der Waals surface area contributed by atoms with Gasteiger partial charge in [-0.05, 0) is 26.0 Å². The molecule has 102 valence electrons. The Morgan fingerprint density at radius 3 is 2.61 bits per heavy atom. The van der Waals surface area contributed by atoms with E-state index in [2.05, 4.69) is 5.32 Å². The first-order chi connectivity index (χ1) is 8.61. The molecule has 0 aliphatic rings. The fourth-order valence-electron chi connectivity index (χ4n) is 1.86. The Morgan fingerprint density at radius 1 is 1.22 bits per heavy atom. The van der Waals surface area contributed by atoms with Crippen molar-refractivity contribution < 1.29 is 14.6 Å². The van der Waals surface area contributed by atoms with Crippen LogP contribution < -0.4 is 10.1 Å². The number of hydrogen-bond donors (Lipinski definition) is 2. The molecule has 1 rings (SSSR count). The molecule has 0 radical (unpaired) electrons. The maximum Gasteiger partial charge on any atom is 0.124 e. The van der Waals surface area contributed by atoms with E-state index < -0.39 is 5.60 Å². The van der Waals surface area contributed by atoms with Crippen molar-refractivity contribution in [3.05, 3.63) is 29.8 Å². The zero-order valence-electron chi connectivity index (χ0n) is 11.4. The Morgan fingerprint density at radius 2 is 1.94 bits per heavy atom. The lowest BCUT2D eigenvalue weighted by Crippen LogP contribution is -2.29. The van der Waals surface area contributed by atoms with Gasteiger partial charge in [-0.25, -0.2) is 0 Å². The highest BCUT2D eigenvalue weighted by molar-refractivity contribution is 5.37. The van der Waals surface area contributed by atoms with Gasteiger partial charge >= 0.3 is 0 Å². The van der Waals surface area contributed by atoms with E-state index in [1.165, 1.54) is 0 Å². The summed E-state index contributed by atoms with van der Waals surface area (Å²) in [4.78, 5) is 0. The SMILES string of the molecule is COCCNCCC(C)(O)c1ccccc1OC. The van der Waals surface area contributed by atoms with Crippen LogP contribution in [0.3, 0.4) is 0 Å². The Kier molecular flexibility index (Phi) is 6.12. The van der Waals surface area contributed by atoms with Crippen molar-refractivity contribution in [3.63, 3.8) is 0 Å². The van der Waals surface area contributed by atoms with Gasteiger partial charge in [0, 0.05) is 19.2 Å². The van der Waals surface area contributed by atoms with Crippen LogP contribution in [0.1, 0.15) is 18.9 Å². The molecular formula is C14H23NO3. The number of rotatable bonds is 8. The average molecular weight is 253 g/mol. The molecular weight excluding hydrogens is 230 g/mol. The minimum Gasteiger partial charge on any atom is -0.496 e. The van der Waals surface area contributed by atoms with Crippen molar-refractivity contribution in [3.8, 4) is 5.75 Å². The quantitative estimate of drug-likeness (QED) is 0.690. The summed E-state index contributed by atoms with van der Waals surface area (Å²) in [5.74, 6) is 0.722. The number of nitrogens with one attached hydrogen (secondary N) is 1. The highest BCUT2D eigenvalue weighted by Gasteiger charge is 2.25. The molecule has 2 N–H and O–H groups in total. The Bertz CT molecular complexity index is 353. The van der Waals surface area contributed by atoms with Crippen LogP contribution in [0.2, 0.25) is 0 Å². The fourth-order valence-corrected chi connectivity index (χ4v) is 1.86. The lowest BCUT2D eigenvalue weighted by atomic mass is 9.91. The summed E-state index contributed by atoms with van der Waals surface area (Å²) >= 11 is 0. The molecule has 1 aromatic carbocycles. The number of methoxy groups -OCH3 is 2. The Hall–Kier alpha value is -1.10. The van der Waals surface area contributed by atoms with E-state index in [-0.39, 0.29) is 0 Å². The van der Waals surface area contributed by atoms with Gasteiger partial charge in [-0.1, -0.05) is 18.2 Å². The third kappa shape index (κ3) is 4.29. The first kappa shape index (κ1) is 15.0. The van der Waals surface area contributed by atoms with Gasteiger partial charge in [0.2, 0.25) is 0 Å². The molecule has 1 unspecified atom stereocenters. The van der Waals surface area contributed by atoms with Crippen molar-refractivity contribution in [1.29, 1.82) is 0 Å². The zero-order chi connectivity index (χ0) is 13.4. The first-order valence-electron chi connectivity index (χ1n) is 6.17. The molecule has 4 nitrogen and oxygen atoms in total. The van der Waals surface area contributed by atoms with Crippen LogP contribution in [0.4, 0.5) is 0 Å². The number of benzene rings is 1. The Labute approximate surface area is 109 Å². The molecule has 0 saturated carbocycles. The van der Waals surface area contributed by atoms with E-state index in [4.69, 9.17) is 9.47 Å². The lowest BCUT2D eigenvalue weighted by molar-refractivity contribution is 0.0450. The average Bonchev–Trinajstić information content (AvgIpc) is 2.38. The largest absolute Gasteiger partial charge is 0.496 e. The summed E-state index contributed by atoms with van der Waals surface area (Å²) in [6, 6.07) is 7.57. The van der Waals surface area contributed by atoms with E-state index in [0.717, 1.165) is 24.4 Å². The van der Waals surface area contributed by atoms with Crippen molar-refractivity contribution in [2.45, 2.75) is 18.9 Å². The second-order valence-corrected chi connectivity index (χ2v) is 4.47. The maximum atomic E-state index is 10.5. The molecule has 0 aromatic heterocycles. The lowest BCUT2D eigenvalue weighted by Gasteiger charge is -2.25. The molecule has 0 saturated heterocycles. The molecule has 18 heavy (non-hydrogen) atoms. The van der Waals surface area contributed by atoms with Crippen molar-refractivity contribution in [1.82, 2.24) is 5.32 Å². The molecule has 1 aromatic rings. The molecule has 0 heterocycles. The smallest absolute Gasteiger partial charge is 0.124 e. The molecule has 0 fully saturated rings. The van der Waals surface area contributed by atoms with Gasteiger partial charge in [0.15, 0.2) is 0 Å². The molecule has 1 atom stereocenters. The van der Waals surface area contributed by atoms with E-state index in [0.29, 0.717) is 13.0 Å². The van der Waals surface area contributed by atoms with Gasteiger partial charge in [-0.15, -0.1) is 0 Å². The number of ether oxygens (including phenoxy) is 2. The van der Waals surface area contributed by atoms with Crippen LogP contribution in [-0.4, -0.2) is 39.0 Å². The number of hydrogen-bond acceptors (Lipinski definition) is 4. The van der Waals surface area contributed by atoms with Crippen molar-refractivity contribution in [2.75, 3.05) is 33.9 Å². The van der Waals surface area contributed by atoms with Gasteiger partial charge in [-0.3, -0.25) is 0 Å². The van der Waals surface area contributed by atoms with E-state index in [1.54, 1.807) is 14.2 Å². The summed E-state index contributed by atoms with van der Waals surface area (Å²) in [6.45, 7) is 4.01. The number of para-hydroxylation sites is 1. The Balaban J connectivity index is 2.56. The number of aliphatic hydroxyl groups is 1. The van der Waals surface area contributed by atoms with Crippen LogP contribution in [0.25, 0.3) is 0 Å². The van der Waals surface area contributed by atoms with Gasteiger partial charge in [0.05, 0.1) is 19.3 Å². The molecule has 0 spiro atoms. The standard InChI is InChI=1S/C14H23NO3/c1-14(16,8-9-15-10-11-17-2)12-6-4-5-7-13(12)18-3/h4-7,15-16H,8-11H2,1-3H3. The van der Waals surface area contributed by atoms with Crippen molar-refractivity contribution in [2.24, 2.45) is 0 Å². The third-order valence-corrected chi connectivity index (χ3v) is 2.96. The third-order valence-electron chi connectivity index (χ3n) is 2.96. The summed E-state index contributed by atoms with van der Waals surface area (Å²) < 4.78 is 10.2. The van der Waals surface area contributed by atoms with Crippen LogP contribution in [-0.2, 0) is 10.3 Å². The highest BCUT2D eigenvalue weighted by atomic mass is 16.5. The fraction of sp³-hybridized carbons (Fsp3) is 0.571. The monoisotopic (exact) mass is 253 g/mol. The van der Waals surface area contributed by atoms with Gasteiger partial charge in [0.25, 0.3) is 0 Å². The normalized spacial score (nSPS) is 14.2. The van der Waals surface area contributed by atoms with Gasteiger partial charge in [0.1, 0.15) is 5.75 Å². The summed E-state index contributed by atoms with van der Waals surface area (Å²) in [7, 11) is 3.29. The second kappa shape index (κ2) is 7.36. The van der Waals surface area contributed by atoms with Crippen molar-refractivity contribution >= 4 is 0 Å². The topological polar surface area (TPSA) is 50.7 Å². The van der Waals surface area contributed by atoms with E-state index in [1.807, 2.05) is 31.2 Å². The highest BCUT2D eigenvalue weighted by Crippen LogP contribution is 2.31. The minimum atomic E-state index is -0.896. The predicted molar refractivity (Wildman–Crippen MR) is 71.9 cm³/mol. The molecule has 0 amide bonds. The minimum absolute atomic E-state index is 0.622. The van der Waals surface area contributed by atoms with E-state index in [9.17, 15) is 5.11 Å². The van der Waals surface area contributed by atoms with Gasteiger partial charge in [-0.2, -0.15) is 0 Å². The van der Waals surface area contributed by atoms with Crippen LogP contribution in [0.5, 0.6) is 5.75 Å².